The van der Waals surface area contributed by atoms with Gasteiger partial charge >= 0.3 is 0 Å². The van der Waals surface area contributed by atoms with Gasteiger partial charge in [0.15, 0.2) is 9.75 Å². The van der Waals surface area contributed by atoms with Crippen LogP contribution in [0.2, 0.25) is 0 Å². The first kappa shape index (κ1) is 30.0. The lowest BCUT2D eigenvalue weighted by molar-refractivity contribution is -0.125. The minimum Gasteiger partial charge on any atom is -0.508 e. The number of methoxy groups -OCH3 is 1. The van der Waals surface area contributed by atoms with Crippen molar-refractivity contribution < 1.29 is 33.4 Å². The van der Waals surface area contributed by atoms with Gasteiger partial charge in [0.1, 0.15) is 17.3 Å². The third-order valence-corrected chi connectivity index (χ3v) is 11.5. The van der Waals surface area contributed by atoms with Crippen LogP contribution in [0.5, 0.6) is 11.5 Å². The Bertz CT molecular complexity index is 1840. The number of ether oxygens (including phenoxy) is 1. The van der Waals surface area contributed by atoms with Gasteiger partial charge < -0.3 is 9.84 Å². The largest absolute Gasteiger partial charge is 0.508 e. The standard InChI is InChI=1S/C33H24BrCl2FN2O6/c1-45-25-14-20(40)10-11-22(25)27-21-12-13-23-26(29(42)38(28(23)41)18-6-2-16(34)3-7-18)24(21)15-32(35)30(43)39(31(44)33(27,32)36)19-8-4-17(37)5-9-19/h2-12,14,23-24,26-27,40H,13,15H2,1H3/t23-,24+,26-,27+,32+,33-/m0/s1. The van der Waals surface area contributed by atoms with Crippen LogP contribution in [0.15, 0.2) is 82.9 Å². The highest BCUT2D eigenvalue weighted by Gasteiger charge is 2.77. The number of halogens is 4. The summed E-state index contributed by atoms with van der Waals surface area (Å²) in [5.41, 5.74) is 1.44. The zero-order valence-corrected chi connectivity index (χ0v) is 26.6. The molecule has 3 fully saturated rings. The Balaban J connectivity index is 1.41. The lowest BCUT2D eigenvalue weighted by atomic mass is 9.56. The highest BCUT2D eigenvalue weighted by Crippen LogP contribution is 2.66. The van der Waals surface area contributed by atoms with Gasteiger partial charge in [-0.15, -0.1) is 23.2 Å². The number of nitrogens with zero attached hydrogens (tertiary/aromatic N) is 2. The molecule has 0 spiro atoms. The number of allylic oxidation sites excluding steroid dienone is 2. The van der Waals surface area contributed by atoms with E-state index in [4.69, 9.17) is 27.9 Å². The fourth-order valence-electron chi connectivity index (χ4n) is 7.53. The van der Waals surface area contributed by atoms with Crippen LogP contribution in [0.25, 0.3) is 0 Å². The van der Waals surface area contributed by atoms with Gasteiger partial charge in [0.25, 0.3) is 11.8 Å². The maximum absolute atomic E-state index is 14.4. The highest BCUT2D eigenvalue weighted by molar-refractivity contribution is 9.10. The SMILES string of the molecule is COc1cc(O)ccc1[C@H]1C2=CC[C@@H]3C(=O)N(c4ccc(Br)cc4)C(=O)[C@@H]3[C@@H]2C[C@@]2(Cl)C(=O)N(c3ccc(F)cc3)C(=O)[C@@]12Cl. The predicted molar refractivity (Wildman–Crippen MR) is 168 cm³/mol. The summed E-state index contributed by atoms with van der Waals surface area (Å²) < 4.78 is 20.2. The maximum atomic E-state index is 14.4. The van der Waals surface area contributed by atoms with Gasteiger partial charge in [0.2, 0.25) is 11.8 Å². The number of fused-ring (bicyclic) bond motifs is 4. The third-order valence-electron chi connectivity index (χ3n) is 9.51. The molecule has 0 aromatic heterocycles. The summed E-state index contributed by atoms with van der Waals surface area (Å²) in [6.07, 6.45) is 1.80. The fraction of sp³-hybridized carbons (Fsp3) is 0.273. The van der Waals surface area contributed by atoms with Crippen LogP contribution in [0.3, 0.4) is 0 Å². The Hall–Kier alpha value is -3.73. The van der Waals surface area contributed by atoms with E-state index in [9.17, 15) is 28.7 Å². The number of anilines is 2. The van der Waals surface area contributed by atoms with Crippen LogP contribution >= 0.6 is 39.1 Å². The summed E-state index contributed by atoms with van der Waals surface area (Å²) in [7, 11) is 1.39. The summed E-state index contributed by atoms with van der Waals surface area (Å²) in [5.74, 6) is -6.38. The minimum absolute atomic E-state index is 0.0839. The first-order valence-electron chi connectivity index (χ1n) is 14.1. The molecule has 3 aromatic carbocycles. The number of amides is 4. The van der Waals surface area contributed by atoms with E-state index in [2.05, 4.69) is 15.9 Å². The van der Waals surface area contributed by atoms with Gasteiger partial charge in [-0.1, -0.05) is 33.6 Å². The van der Waals surface area contributed by atoms with E-state index >= 15 is 0 Å². The normalized spacial score (nSPS) is 30.6. The van der Waals surface area contributed by atoms with E-state index in [1.807, 2.05) is 6.08 Å². The molecule has 3 aromatic rings. The average molecular weight is 714 g/mol. The van der Waals surface area contributed by atoms with Gasteiger partial charge in [-0.05, 0) is 73.4 Å². The Morgan fingerprint density at radius 3 is 2.20 bits per heavy atom. The van der Waals surface area contributed by atoms with Crippen LogP contribution in [0.1, 0.15) is 24.3 Å². The number of aromatic hydroxyl groups is 1. The molecule has 12 heteroatoms. The van der Waals surface area contributed by atoms with Crippen LogP contribution in [-0.2, 0) is 19.2 Å². The van der Waals surface area contributed by atoms with Crippen molar-refractivity contribution in [3.05, 3.63) is 94.2 Å². The lowest BCUT2D eigenvalue weighted by Gasteiger charge is -2.50. The molecule has 230 valence electrons. The number of phenolic OH excluding ortho intramolecular Hbond substituents is 1. The number of benzene rings is 3. The van der Waals surface area contributed by atoms with Gasteiger partial charge in [0.05, 0.1) is 30.3 Å². The summed E-state index contributed by atoms with van der Waals surface area (Å²) in [6, 6.07) is 15.9. The smallest absolute Gasteiger partial charge is 0.258 e. The number of hydrogen-bond acceptors (Lipinski definition) is 6. The molecule has 2 saturated heterocycles. The first-order valence-corrected chi connectivity index (χ1v) is 15.7. The number of imide groups is 2. The van der Waals surface area contributed by atoms with E-state index in [0.717, 1.165) is 21.5 Å². The van der Waals surface area contributed by atoms with E-state index in [0.29, 0.717) is 16.8 Å². The number of carbonyl (C=O) groups is 4. The van der Waals surface area contributed by atoms with Crippen molar-refractivity contribution in [1.29, 1.82) is 0 Å². The van der Waals surface area contributed by atoms with Gasteiger partial charge in [0, 0.05) is 22.0 Å². The summed E-state index contributed by atoms with van der Waals surface area (Å²) >= 11 is 18.1. The summed E-state index contributed by atoms with van der Waals surface area (Å²) in [6.45, 7) is 0. The van der Waals surface area contributed by atoms with Crippen molar-refractivity contribution in [1.82, 2.24) is 0 Å². The molecule has 4 amide bonds. The maximum Gasteiger partial charge on any atom is 0.258 e. The van der Waals surface area contributed by atoms with Gasteiger partial charge in [-0.2, -0.15) is 0 Å². The molecule has 45 heavy (non-hydrogen) atoms. The second-order valence-electron chi connectivity index (χ2n) is 11.7. The molecule has 7 rings (SSSR count). The molecular weight excluding hydrogens is 690 g/mol. The van der Waals surface area contributed by atoms with Crippen LogP contribution in [-0.4, -0.2) is 45.6 Å². The van der Waals surface area contributed by atoms with Gasteiger partial charge in [-0.25, -0.2) is 9.29 Å². The molecule has 2 heterocycles. The van der Waals surface area contributed by atoms with Gasteiger partial charge in [-0.3, -0.25) is 24.1 Å². The number of carbonyl (C=O) groups excluding carboxylic acids is 4. The molecule has 4 aliphatic rings. The molecule has 1 N–H and O–H groups in total. The van der Waals surface area contributed by atoms with Crippen molar-refractivity contribution in [3.8, 4) is 11.5 Å². The van der Waals surface area contributed by atoms with Crippen molar-refractivity contribution in [2.75, 3.05) is 16.9 Å². The molecule has 1 saturated carbocycles. The first-order chi connectivity index (χ1) is 21.4. The molecule has 0 radical (unpaired) electrons. The Kier molecular flexibility index (Phi) is 6.92. The van der Waals surface area contributed by atoms with E-state index in [-0.39, 0.29) is 35.9 Å². The predicted octanol–water partition coefficient (Wildman–Crippen LogP) is 6.07. The summed E-state index contributed by atoms with van der Waals surface area (Å²) in [5, 5.41) is 10.2. The zero-order valence-electron chi connectivity index (χ0n) is 23.5. The second-order valence-corrected chi connectivity index (χ2v) is 13.8. The molecule has 6 atom stereocenters. The molecular formula is C33H24BrCl2FN2O6. The monoisotopic (exact) mass is 712 g/mol. The van der Waals surface area contributed by atoms with Crippen LogP contribution < -0.4 is 14.5 Å². The van der Waals surface area contributed by atoms with Crippen LogP contribution in [0.4, 0.5) is 15.8 Å². The van der Waals surface area contributed by atoms with Crippen molar-refractivity contribution in [2.24, 2.45) is 17.8 Å². The van der Waals surface area contributed by atoms with E-state index in [1.165, 1.54) is 36.3 Å². The third kappa shape index (κ3) is 4.08. The lowest BCUT2D eigenvalue weighted by Crippen LogP contribution is -2.60. The zero-order chi connectivity index (χ0) is 32.0. The topological polar surface area (TPSA) is 104 Å². The number of phenols is 1. The number of alkyl halides is 2. The molecule has 0 unspecified atom stereocenters. The highest BCUT2D eigenvalue weighted by atomic mass is 79.9. The van der Waals surface area contributed by atoms with Crippen molar-refractivity contribution in [3.63, 3.8) is 0 Å². The minimum atomic E-state index is -2.11. The Morgan fingerprint density at radius 1 is 0.889 bits per heavy atom. The Morgan fingerprint density at radius 2 is 1.53 bits per heavy atom. The van der Waals surface area contributed by atoms with Crippen molar-refractivity contribution >= 4 is 74.1 Å². The van der Waals surface area contributed by atoms with E-state index < -0.39 is 57.0 Å². The van der Waals surface area contributed by atoms with Crippen LogP contribution in [0, 0.1) is 23.6 Å². The fourth-order valence-corrected chi connectivity index (χ4v) is 8.72. The summed E-state index contributed by atoms with van der Waals surface area (Å²) in [4.78, 5) is 54.5. The molecule has 8 nitrogen and oxygen atoms in total. The molecule has 2 aliphatic heterocycles. The molecule has 2 aliphatic carbocycles. The quantitative estimate of drug-likeness (QED) is 0.200. The van der Waals surface area contributed by atoms with E-state index in [1.54, 1.807) is 30.3 Å². The molecule has 0 bridgehead atoms. The second kappa shape index (κ2) is 10.4. The average Bonchev–Trinajstić information content (AvgIpc) is 3.36. The number of rotatable bonds is 4. The van der Waals surface area contributed by atoms with Crippen molar-refractivity contribution in [2.45, 2.75) is 28.5 Å². The number of hydrogen-bond donors (Lipinski definition) is 1. The Labute approximate surface area is 275 Å².